The minimum Gasteiger partial charge on any atom is -0.348 e. The van der Waals surface area contributed by atoms with Crippen LogP contribution < -0.4 is 0 Å². The molecule has 8 nitrogen and oxygen atoms in total. The second-order valence-electron chi connectivity index (χ2n) is 6.61. The Morgan fingerprint density at radius 3 is 2.97 bits per heavy atom. The summed E-state index contributed by atoms with van der Waals surface area (Å²) < 4.78 is 42.4. The minimum absolute atomic E-state index is 0.237. The topological polar surface area (TPSA) is 84.1 Å². The fraction of sp³-hybridized carbons (Fsp3) is 0.222. The summed E-state index contributed by atoms with van der Waals surface area (Å²) in [6, 6.07) is 4.86. The minimum atomic E-state index is -2.95. The Hall–Kier alpha value is -3.63. The highest BCUT2D eigenvalue weighted by atomic mass is 19.3. The van der Waals surface area contributed by atoms with Crippen LogP contribution in [0.5, 0.6) is 0 Å². The number of aromatic nitrogens is 6. The molecule has 0 radical (unpaired) electrons. The lowest BCUT2D eigenvalue weighted by molar-refractivity contribution is 0.0441. The molecule has 4 aromatic heterocycles. The summed E-state index contributed by atoms with van der Waals surface area (Å²) in [4.78, 5) is 21.9. The van der Waals surface area contributed by atoms with Crippen LogP contribution in [-0.2, 0) is 6.42 Å². The molecule has 1 aliphatic heterocycles. The van der Waals surface area contributed by atoms with Crippen molar-refractivity contribution in [2.24, 2.45) is 0 Å². The Kier molecular flexibility index (Phi) is 3.89. The highest BCUT2D eigenvalue weighted by molar-refractivity contribution is 5.93. The summed E-state index contributed by atoms with van der Waals surface area (Å²) in [5.74, 6) is -1.09. The van der Waals surface area contributed by atoms with Crippen molar-refractivity contribution in [3.8, 4) is 0 Å². The first-order valence-corrected chi connectivity index (χ1v) is 8.83. The molecular formula is C18H14F3N7O. The van der Waals surface area contributed by atoms with E-state index in [1.807, 2.05) is 0 Å². The average Bonchev–Trinajstić information content (AvgIpc) is 3.44. The molecule has 1 N–H and O–H groups in total. The van der Waals surface area contributed by atoms with Gasteiger partial charge in [-0.3, -0.25) is 4.79 Å². The number of imidazole rings is 1. The number of halogens is 3. The number of hydrogen-bond acceptors (Lipinski definition) is 4. The molecule has 0 bridgehead atoms. The number of pyridine rings is 1. The molecular weight excluding hydrogens is 387 g/mol. The maximum absolute atomic E-state index is 14.2. The van der Waals surface area contributed by atoms with Gasteiger partial charge >= 0.3 is 6.55 Å². The maximum atomic E-state index is 14.2. The lowest BCUT2D eigenvalue weighted by Gasteiger charge is -2.33. The van der Waals surface area contributed by atoms with E-state index in [2.05, 4.69) is 20.2 Å². The van der Waals surface area contributed by atoms with Crippen LogP contribution in [-0.4, -0.2) is 46.7 Å². The van der Waals surface area contributed by atoms with E-state index in [1.54, 1.807) is 6.20 Å². The highest BCUT2D eigenvalue weighted by Gasteiger charge is 2.37. The number of fused-ring (bicyclic) bond motifs is 2. The normalized spacial score (nSPS) is 16.6. The van der Waals surface area contributed by atoms with Crippen molar-refractivity contribution >= 4 is 11.4 Å². The Balaban J connectivity index is 1.63. The van der Waals surface area contributed by atoms with E-state index in [-0.39, 0.29) is 17.8 Å². The largest absolute Gasteiger partial charge is 0.348 e. The molecule has 0 spiro atoms. The van der Waals surface area contributed by atoms with Crippen LogP contribution in [0.3, 0.4) is 0 Å². The first kappa shape index (κ1) is 17.5. The molecule has 0 fully saturated rings. The average molecular weight is 401 g/mol. The van der Waals surface area contributed by atoms with Gasteiger partial charge in [-0.2, -0.15) is 23.7 Å². The molecule has 29 heavy (non-hydrogen) atoms. The van der Waals surface area contributed by atoms with Crippen LogP contribution in [0.15, 0.2) is 43.0 Å². The predicted molar refractivity (Wildman–Crippen MR) is 93.8 cm³/mol. The summed E-state index contributed by atoms with van der Waals surface area (Å²) in [5, 5.41) is 7.94. The van der Waals surface area contributed by atoms with Crippen molar-refractivity contribution in [2.45, 2.75) is 19.0 Å². The zero-order chi connectivity index (χ0) is 20.1. The number of amides is 1. The molecule has 1 aliphatic rings. The lowest BCUT2D eigenvalue weighted by atomic mass is 9.99. The molecule has 0 aromatic carbocycles. The quantitative estimate of drug-likeness (QED) is 0.572. The van der Waals surface area contributed by atoms with Gasteiger partial charge in [0.2, 0.25) is 0 Å². The number of nitrogens with zero attached hydrogens (tertiary/aromatic N) is 6. The Morgan fingerprint density at radius 2 is 2.17 bits per heavy atom. The molecule has 5 heterocycles. The number of H-pyrrole nitrogens is 1. The number of aromatic amines is 1. The third-order valence-electron chi connectivity index (χ3n) is 5.01. The van der Waals surface area contributed by atoms with Crippen molar-refractivity contribution < 1.29 is 18.0 Å². The second-order valence-corrected chi connectivity index (χ2v) is 6.61. The van der Waals surface area contributed by atoms with Gasteiger partial charge in [0.15, 0.2) is 0 Å². The van der Waals surface area contributed by atoms with Gasteiger partial charge < -0.3 is 9.88 Å². The number of rotatable bonds is 3. The lowest BCUT2D eigenvalue weighted by Crippen LogP contribution is -2.41. The van der Waals surface area contributed by atoms with Crippen LogP contribution in [0.2, 0.25) is 0 Å². The van der Waals surface area contributed by atoms with E-state index in [4.69, 9.17) is 0 Å². The van der Waals surface area contributed by atoms with Crippen molar-refractivity contribution in [3.05, 3.63) is 71.6 Å². The number of carbonyl (C=O) groups excluding carboxylic acids is 1. The van der Waals surface area contributed by atoms with E-state index < -0.39 is 24.3 Å². The zero-order valence-electron chi connectivity index (χ0n) is 14.8. The van der Waals surface area contributed by atoms with Gasteiger partial charge in [0.05, 0.1) is 17.7 Å². The van der Waals surface area contributed by atoms with Crippen molar-refractivity contribution in [3.63, 3.8) is 0 Å². The van der Waals surface area contributed by atoms with E-state index in [0.717, 1.165) is 11.9 Å². The highest BCUT2D eigenvalue weighted by Crippen LogP contribution is 2.34. The van der Waals surface area contributed by atoms with Crippen molar-refractivity contribution in [1.29, 1.82) is 0 Å². The van der Waals surface area contributed by atoms with Crippen molar-refractivity contribution in [2.75, 3.05) is 6.54 Å². The Morgan fingerprint density at radius 1 is 1.31 bits per heavy atom. The standard InChI is InChI=1S/C18H14F3N7O/c19-10-2-1-6-27-14(10)8-12(25-27)16-15-11(22-9-23-15)4-7-26(16)17(29)13-3-5-24-28(13)18(20)21/h1-3,5-6,8-9,16,18H,4,7H2,(H,22,23)/t16-/m1/s1. The molecule has 5 rings (SSSR count). The molecule has 1 atom stereocenters. The summed E-state index contributed by atoms with van der Waals surface area (Å²) in [6.45, 7) is -2.69. The van der Waals surface area contributed by atoms with Crippen LogP contribution in [0.1, 0.15) is 40.2 Å². The zero-order valence-corrected chi connectivity index (χ0v) is 14.8. The van der Waals surface area contributed by atoms with Gasteiger partial charge in [-0.05, 0) is 24.3 Å². The summed E-state index contributed by atoms with van der Waals surface area (Å²) in [6.07, 6.45) is 4.72. The molecule has 148 valence electrons. The van der Waals surface area contributed by atoms with Gasteiger partial charge in [0.1, 0.15) is 23.1 Å². The molecule has 4 aromatic rings. The van der Waals surface area contributed by atoms with Crippen LogP contribution in [0.25, 0.3) is 5.52 Å². The van der Waals surface area contributed by atoms with Gasteiger partial charge in [0, 0.05) is 31.1 Å². The monoisotopic (exact) mass is 401 g/mol. The van der Waals surface area contributed by atoms with Gasteiger partial charge in [0.25, 0.3) is 5.91 Å². The molecule has 0 saturated heterocycles. The Labute approximate surface area is 161 Å². The number of alkyl halides is 2. The first-order chi connectivity index (χ1) is 14.0. The third kappa shape index (κ3) is 2.69. The van der Waals surface area contributed by atoms with Gasteiger partial charge in [-0.15, -0.1) is 0 Å². The summed E-state index contributed by atoms with van der Waals surface area (Å²) in [5.41, 5.74) is 1.77. The molecule has 1 amide bonds. The summed E-state index contributed by atoms with van der Waals surface area (Å²) >= 11 is 0. The van der Waals surface area contributed by atoms with Crippen LogP contribution >= 0.6 is 0 Å². The molecule has 0 aliphatic carbocycles. The molecule has 0 unspecified atom stereocenters. The second kappa shape index (κ2) is 6.47. The Bertz CT molecular complexity index is 1210. The van der Waals surface area contributed by atoms with Crippen LogP contribution in [0.4, 0.5) is 13.2 Å². The third-order valence-corrected chi connectivity index (χ3v) is 5.01. The molecule has 0 saturated carbocycles. The number of carbonyl (C=O) groups is 1. The van der Waals surface area contributed by atoms with E-state index in [9.17, 15) is 18.0 Å². The van der Waals surface area contributed by atoms with E-state index >= 15 is 0 Å². The van der Waals surface area contributed by atoms with Gasteiger partial charge in [-0.25, -0.2) is 13.9 Å². The number of hydrogen-bond donors (Lipinski definition) is 1. The SMILES string of the molecule is O=C(c1ccnn1C(F)F)N1CCc2[nH]cnc2[C@H]1c1cc2c(F)cccn2n1. The smallest absolute Gasteiger partial charge is 0.333 e. The predicted octanol–water partition coefficient (Wildman–Crippen LogP) is 2.58. The maximum Gasteiger partial charge on any atom is 0.333 e. The summed E-state index contributed by atoms with van der Waals surface area (Å²) in [7, 11) is 0. The first-order valence-electron chi connectivity index (χ1n) is 8.83. The van der Waals surface area contributed by atoms with E-state index in [1.165, 1.54) is 40.0 Å². The fourth-order valence-corrected chi connectivity index (χ4v) is 3.71. The van der Waals surface area contributed by atoms with E-state index in [0.29, 0.717) is 22.5 Å². The van der Waals surface area contributed by atoms with Crippen LogP contribution in [0, 0.1) is 5.82 Å². The number of nitrogens with one attached hydrogen (secondary N) is 1. The fourth-order valence-electron chi connectivity index (χ4n) is 3.71. The molecule has 11 heteroatoms. The van der Waals surface area contributed by atoms with Gasteiger partial charge in [-0.1, -0.05) is 0 Å². The van der Waals surface area contributed by atoms with Crippen molar-refractivity contribution in [1.82, 2.24) is 34.3 Å².